The quantitative estimate of drug-likeness (QED) is 0.806. The highest BCUT2D eigenvalue weighted by atomic mass is 32.2. The molecule has 0 bridgehead atoms. The van der Waals surface area contributed by atoms with E-state index >= 15 is 0 Å². The number of nitrogens with one attached hydrogen (secondary N) is 1. The van der Waals surface area contributed by atoms with Crippen LogP contribution in [-0.4, -0.2) is 72.7 Å². The van der Waals surface area contributed by atoms with E-state index in [0.29, 0.717) is 12.6 Å². The number of thioether (sulfide) groups is 2. The average molecular weight is 290 g/mol. The maximum atomic E-state index is 12.6. The van der Waals surface area contributed by atoms with E-state index < -0.39 is 0 Å². The van der Waals surface area contributed by atoms with Gasteiger partial charge in [0, 0.05) is 43.5 Å². The number of carbonyl (C=O) groups is 1. The molecule has 0 spiro atoms. The Morgan fingerprint density at radius 2 is 2.22 bits per heavy atom. The van der Waals surface area contributed by atoms with Crippen molar-refractivity contribution in [3.8, 4) is 0 Å². The van der Waals surface area contributed by atoms with E-state index in [9.17, 15) is 4.79 Å². The molecule has 2 unspecified atom stereocenters. The number of methoxy groups -OCH3 is 1. The molecule has 6 heteroatoms. The molecule has 104 valence electrons. The van der Waals surface area contributed by atoms with Crippen LogP contribution in [0, 0.1) is 0 Å². The van der Waals surface area contributed by atoms with Crippen molar-refractivity contribution >= 4 is 29.4 Å². The van der Waals surface area contributed by atoms with Crippen LogP contribution in [0.2, 0.25) is 0 Å². The Morgan fingerprint density at radius 1 is 1.39 bits per heavy atom. The predicted molar refractivity (Wildman–Crippen MR) is 78.4 cm³/mol. The molecule has 0 aromatic heterocycles. The minimum atomic E-state index is 0.00575. The largest absolute Gasteiger partial charge is 0.383 e. The van der Waals surface area contributed by atoms with Crippen molar-refractivity contribution in [2.75, 3.05) is 49.8 Å². The summed E-state index contributed by atoms with van der Waals surface area (Å²) in [6.07, 6.45) is 1.12. The molecule has 2 rings (SSSR count). The lowest BCUT2D eigenvalue weighted by Gasteiger charge is -2.33. The molecule has 0 aromatic carbocycles. The molecule has 0 radical (unpaired) electrons. The minimum absolute atomic E-state index is 0.00575. The number of hydrogen-bond acceptors (Lipinski definition) is 5. The minimum Gasteiger partial charge on any atom is -0.383 e. The Bertz CT molecular complexity index is 267. The zero-order valence-corrected chi connectivity index (χ0v) is 12.5. The Morgan fingerprint density at radius 3 is 2.83 bits per heavy atom. The van der Waals surface area contributed by atoms with Crippen molar-refractivity contribution in [3.63, 3.8) is 0 Å². The van der Waals surface area contributed by atoms with Gasteiger partial charge in [-0.1, -0.05) is 0 Å². The van der Waals surface area contributed by atoms with Gasteiger partial charge in [-0.2, -0.15) is 23.5 Å². The Hall–Kier alpha value is 0.0900. The highest BCUT2D eigenvalue weighted by Crippen LogP contribution is 2.23. The van der Waals surface area contributed by atoms with E-state index in [2.05, 4.69) is 5.32 Å². The van der Waals surface area contributed by atoms with Crippen LogP contribution < -0.4 is 5.32 Å². The van der Waals surface area contributed by atoms with E-state index in [1.165, 1.54) is 5.75 Å². The van der Waals surface area contributed by atoms with E-state index in [1.54, 1.807) is 7.11 Å². The molecule has 2 atom stereocenters. The van der Waals surface area contributed by atoms with Crippen molar-refractivity contribution in [1.82, 2.24) is 10.2 Å². The summed E-state index contributed by atoms with van der Waals surface area (Å²) in [7, 11) is 1.70. The second-order valence-electron chi connectivity index (χ2n) is 4.62. The van der Waals surface area contributed by atoms with Gasteiger partial charge in [-0.3, -0.25) is 4.79 Å². The lowest BCUT2D eigenvalue weighted by Crippen LogP contribution is -2.54. The first kappa shape index (κ1) is 14.5. The fraction of sp³-hybridized carbons (Fsp3) is 0.917. The van der Waals surface area contributed by atoms with Gasteiger partial charge >= 0.3 is 0 Å². The van der Waals surface area contributed by atoms with Crippen molar-refractivity contribution in [3.05, 3.63) is 0 Å². The van der Waals surface area contributed by atoms with Crippen LogP contribution in [-0.2, 0) is 9.53 Å². The zero-order chi connectivity index (χ0) is 12.8. The first-order valence-corrected chi connectivity index (χ1v) is 8.82. The highest BCUT2D eigenvalue weighted by molar-refractivity contribution is 7.99. The van der Waals surface area contributed by atoms with Gasteiger partial charge in [-0.25, -0.2) is 0 Å². The van der Waals surface area contributed by atoms with Crippen LogP contribution >= 0.6 is 23.5 Å². The van der Waals surface area contributed by atoms with Crippen LogP contribution in [0.25, 0.3) is 0 Å². The van der Waals surface area contributed by atoms with E-state index in [1.807, 2.05) is 28.4 Å². The van der Waals surface area contributed by atoms with E-state index in [0.717, 1.165) is 36.8 Å². The Balaban J connectivity index is 1.94. The summed E-state index contributed by atoms with van der Waals surface area (Å²) in [5.41, 5.74) is 0. The van der Waals surface area contributed by atoms with Gasteiger partial charge in [0.25, 0.3) is 0 Å². The van der Waals surface area contributed by atoms with Gasteiger partial charge in [-0.15, -0.1) is 0 Å². The van der Waals surface area contributed by atoms with E-state index in [4.69, 9.17) is 4.74 Å². The number of ether oxygens (including phenoxy) is 1. The third-order valence-corrected chi connectivity index (χ3v) is 5.59. The van der Waals surface area contributed by atoms with Crippen molar-refractivity contribution in [1.29, 1.82) is 0 Å². The summed E-state index contributed by atoms with van der Waals surface area (Å²) in [6.45, 7) is 2.30. The van der Waals surface area contributed by atoms with Crippen LogP contribution in [0.1, 0.15) is 6.42 Å². The van der Waals surface area contributed by atoms with E-state index in [-0.39, 0.29) is 11.9 Å². The van der Waals surface area contributed by atoms with Gasteiger partial charge in [0.15, 0.2) is 0 Å². The van der Waals surface area contributed by atoms with Crippen molar-refractivity contribution < 1.29 is 9.53 Å². The summed E-state index contributed by atoms with van der Waals surface area (Å²) in [5.74, 6) is 4.54. The SMILES string of the molecule is COCCN(C(=O)C1CSCCN1)C1CCSC1. The molecular weight excluding hydrogens is 268 g/mol. The fourth-order valence-electron chi connectivity index (χ4n) is 2.35. The third-order valence-electron chi connectivity index (χ3n) is 3.39. The summed E-state index contributed by atoms with van der Waals surface area (Å²) in [4.78, 5) is 14.6. The van der Waals surface area contributed by atoms with Crippen LogP contribution in [0.3, 0.4) is 0 Å². The fourth-order valence-corrected chi connectivity index (χ4v) is 4.50. The summed E-state index contributed by atoms with van der Waals surface area (Å²) in [6, 6.07) is 0.414. The monoisotopic (exact) mass is 290 g/mol. The van der Waals surface area contributed by atoms with Crippen LogP contribution in [0.15, 0.2) is 0 Å². The standard InChI is InChI=1S/C12H22N2O2S2/c1-16-5-4-14(10-2-6-17-8-10)12(15)11-9-18-7-3-13-11/h10-11,13H,2-9H2,1H3. The molecule has 2 fully saturated rings. The molecule has 2 heterocycles. The lowest BCUT2D eigenvalue weighted by atomic mass is 10.1. The normalized spacial score (nSPS) is 28.3. The predicted octanol–water partition coefficient (Wildman–Crippen LogP) is 0.672. The molecule has 2 aliphatic rings. The topological polar surface area (TPSA) is 41.6 Å². The summed E-state index contributed by atoms with van der Waals surface area (Å²) < 4.78 is 5.14. The van der Waals surface area contributed by atoms with Gasteiger partial charge in [-0.05, 0) is 12.2 Å². The second-order valence-corrected chi connectivity index (χ2v) is 6.92. The number of hydrogen-bond donors (Lipinski definition) is 1. The number of amides is 1. The Labute approximate surface area is 118 Å². The van der Waals surface area contributed by atoms with Gasteiger partial charge in [0.2, 0.25) is 5.91 Å². The van der Waals surface area contributed by atoms with Gasteiger partial charge in [0.1, 0.15) is 0 Å². The van der Waals surface area contributed by atoms with Crippen molar-refractivity contribution in [2.45, 2.75) is 18.5 Å². The molecule has 0 aliphatic carbocycles. The molecule has 0 aromatic rings. The van der Waals surface area contributed by atoms with Crippen molar-refractivity contribution in [2.24, 2.45) is 0 Å². The molecule has 0 saturated carbocycles. The highest BCUT2D eigenvalue weighted by Gasteiger charge is 2.32. The number of rotatable bonds is 5. The lowest BCUT2D eigenvalue weighted by molar-refractivity contribution is -0.135. The zero-order valence-electron chi connectivity index (χ0n) is 10.9. The number of carbonyl (C=O) groups excluding carboxylic acids is 1. The van der Waals surface area contributed by atoms with Crippen LogP contribution in [0.5, 0.6) is 0 Å². The summed E-state index contributed by atoms with van der Waals surface area (Å²) >= 11 is 3.82. The molecule has 1 N–H and O–H groups in total. The van der Waals surface area contributed by atoms with Crippen LogP contribution in [0.4, 0.5) is 0 Å². The maximum Gasteiger partial charge on any atom is 0.240 e. The average Bonchev–Trinajstić information content (AvgIpc) is 2.94. The molecule has 18 heavy (non-hydrogen) atoms. The molecule has 2 aliphatic heterocycles. The van der Waals surface area contributed by atoms with Gasteiger partial charge in [0.05, 0.1) is 12.6 Å². The molecule has 2 saturated heterocycles. The molecule has 1 amide bonds. The van der Waals surface area contributed by atoms with Gasteiger partial charge < -0.3 is 15.0 Å². The summed E-state index contributed by atoms with van der Waals surface area (Å²) in [5, 5.41) is 3.34. The second kappa shape index (κ2) is 7.62. The third kappa shape index (κ3) is 3.79. The number of nitrogens with zero attached hydrogens (tertiary/aromatic N) is 1. The molecular formula is C12H22N2O2S2. The smallest absolute Gasteiger partial charge is 0.240 e. The Kier molecular flexibility index (Phi) is 6.14. The first-order chi connectivity index (χ1) is 8.83. The maximum absolute atomic E-state index is 12.6. The first-order valence-electron chi connectivity index (χ1n) is 6.51. The molecule has 4 nitrogen and oxygen atoms in total.